The molecular weight excluding hydrogens is 250 g/mol. The van der Waals surface area contributed by atoms with E-state index in [9.17, 15) is 18.8 Å². The standard InChI is InChI=1S/C13H21NO3S/c1-10-6-11(2,3)7-13(10,15)12(8-14)4-5-18(16,17)9-12/h10,15H,4-7,9H2,1-3H3. The molecule has 5 heteroatoms. The highest BCUT2D eigenvalue weighted by molar-refractivity contribution is 7.91. The Kier molecular flexibility index (Phi) is 2.85. The van der Waals surface area contributed by atoms with Gasteiger partial charge in [-0.3, -0.25) is 0 Å². The van der Waals surface area contributed by atoms with Gasteiger partial charge < -0.3 is 5.11 Å². The zero-order chi connectivity index (χ0) is 13.8. The molecule has 2 rings (SSSR count). The van der Waals surface area contributed by atoms with E-state index in [1.165, 1.54) is 0 Å². The molecule has 2 fully saturated rings. The van der Waals surface area contributed by atoms with Crippen molar-refractivity contribution in [3.8, 4) is 6.07 Å². The van der Waals surface area contributed by atoms with Gasteiger partial charge in [-0.25, -0.2) is 8.42 Å². The molecule has 1 saturated heterocycles. The highest BCUT2D eigenvalue weighted by Crippen LogP contribution is 2.57. The van der Waals surface area contributed by atoms with E-state index in [4.69, 9.17) is 0 Å². The lowest BCUT2D eigenvalue weighted by Gasteiger charge is -2.40. The third-order valence-corrected chi connectivity index (χ3v) is 6.53. The molecule has 0 aromatic carbocycles. The maximum absolute atomic E-state index is 11.7. The molecule has 1 aliphatic carbocycles. The molecule has 3 atom stereocenters. The second-order valence-electron chi connectivity index (χ2n) is 6.91. The van der Waals surface area contributed by atoms with Crippen molar-refractivity contribution in [2.24, 2.45) is 16.7 Å². The number of nitrogens with zero attached hydrogens (tertiary/aromatic N) is 1. The molecule has 0 amide bonds. The second-order valence-corrected chi connectivity index (χ2v) is 9.09. The zero-order valence-electron chi connectivity index (χ0n) is 11.2. The molecular formula is C13H21NO3S. The smallest absolute Gasteiger partial charge is 0.152 e. The fourth-order valence-electron chi connectivity index (χ4n) is 3.99. The summed E-state index contributed by atoms with van der Waals surface area (Å²) in [4.78, 5) is 0. The van der Waals surface area contributed by atoms with Crippen LogP contribution < -0.4 is 0 Å². The van der Waals surface area contributed by atoms with Crippen molar-refractivity contribution < 1.29 is 13.5 Å². The summed E-state index contributed by atoms with van der Waals surface area (Å²) in [6, 6.07) is 2.15. The summed E-state index contributed by atoms with van der Waals surface area (Å²) in [5.74, 6) is -0.205. The van der Waals surface area contributed by atoms with Gasteiger partial charge in [-0.1, -0.05) is 20.8 Å². The SMILES string of the molecule is CC1CC(C)(C)CC1(O)C1(C#N)CCS(=O)(=O)C1. The topological polar surface area (TPSA) is 78.2 Å². The van der Waals surface area contributed by atoms with Gasteiger partial charge in [0.25, 0.3) is 0 Å². The molecule has 4 nitrogen and oxygen atoms in total. The lowest BCUT2D eigenvalue weighted by Crippen LogP contribution is -2.50. The van der Waals surface area contributed by atoms with Crippen molar-refractivity contribution in [3.63, 3.8) is 0 Å². The largest absolute Gasteiger partial charge is 0.388 e. The number of hydrogen-bond donors (Lipinski definition) is 1. The van der Waals surface area contributed by atoms with E-state index >= 15 is 0 Å². The third-order valence-electron chi connectivity index (χ3n) is 4.77. The van der Waals surface area contributed by atoms with Crippen LogP contribution in [0.1, 0.15) is 40.0 Å². The van der Waals surface area contributed by atoms with Gasteiger partial charge in [-0.05, 0) is 30.6 Å². The van der Waals surface area contributed by atoms with Gasteiger partial charge in [0.1, 0.15) is 5.41 Å². The number of hydrogen-bond acceptors (Lipinski definition) is 4. The van der Waals surface area contributed by atoms with E-state index in [0.717, 1.165) is 6.42 Å². The lowest BCUT2D eigenvalue weighted by atomic mass is 9.67. The van der Waals surface area contributed by atoms with E-state index in [1.54, 1.807) is 0 Å². The van der Waals surface area contributed by atoms with E-state index in [0.29, 0.717) is 6.42 Å². The van der Waals surface area contributed by atoms with Crippen LogP contribution in [-0.4, -0.2) is 30.6 Å². The quantitative estimate of drug-likeness (QED) is 0.784. The van der Waals surface area contributed by atoms with Gasteiger partial charge in [-0.15, -0.1) is 0 Å². The average Bonchev–Trinajstić information content (AvgIpc) is 2.63. The Bertz CT molecular complexity index is 505. The van der Waals surface area contributed by atoms with Gasteiger partial charge in [0.2, 0.25) is 0 Å². The summed E-state index contributed by atoms with van der Waals surface area (Å²) < 4.78 is 23.4. The summed E-state index contributed by atoms with van der Waals surface area (Å²) in [5, 5.41) is 20.5. The van der Waals surface area contributed by atoms with Gasteiger partial charge in [0.15, 0.2) is 9.84 Å². The highest BCUT2D eigenvalue weighted by atomic mass is 32.2. The molecule has 3 unspecified atom stereocenters. The van der Waals surface area contributed by atoms with Crippen LogP contribution in [-0.2, 0) is 9.84 Å². The van der Waals surface area contributed by atoms with Crippen LogP contribution in [0.25, 0.3) is 0 Å². The molecule has 1 heterocycles. The monoisotopic (exact) mass is 271 g/mol. The molecule has 0 bridgehead atoms. The molecule has 102 valence electrons. The number of nitriles is 1. The Morgan fingerprint density at radius 2 is 2.00 bits per heavy atom. The Labute approximate surface area is 109 Å². The van der Waals surface area contributed by atoms with Crippen LogP contribution in [0.15, 0.2) is 0 Å². The van der Waals surface area contributed by atoms with Gasteiger partial charge in [0.05, 0.1) is 23.2 Å². The molecule has 0 spiro atoms. The predicted molar refractivity (Wildman–Crippen MR) is 68.4 cm³/mol. The van der Waals surface area contributed by atoms with Gasteiger partial charge >= 0.3 is 0 Å². The van der Waals surface area contributed by atoms with Crippen molar-refractivity contribution in [1.29, 1.82) is 5.26 Å². The van der Waals surface area contributed by atoms with Crippen molar-refractivity contribution in [2.45, 2.75) is 45.6 Å². The fraction of sp³-hybridized carbons (Fsp3) is 0.923. The molecule has 1 saturated carbocycles. The Hall–Kier alpha value is -0.600. The van der Waals surface area contributed by atoms with Crippen molar-refractivity contribution in [3.05, 3.63) is 0 Å². The highest BCUT2D eigenvalue weighted by Gasteiger charge is 2.63. The molecule has 0 aromatic rings. The molecule has 1 N–H and O–H groups in total. The number of aliphatic hydroxyl groups is 1. The fourth-order valence-corrected chi connectivity index (χ4v) is 6.00. The first-order valence-electron chi connectivity index (χ1n) is 6.40. The maximum atomic E-state index is 11.7. The average molecular weight is 271 g/mol. The van der Waals surface area contributed by atoms with E-state index in [2.05, 4.69) is 19.9 Å². The summed E-state index contributed by atoms with van der Waals surface area (Å²) in [5.41, 5.74) is -2.32. The lowest BCUT2D eigenvalue weighted by molar-refractivity contribution is -0.0739. The normalized spacial score (nSPS) is 45.8. The minimum absolute atomic E-state index is 0.0238. The number of rotatable bonds is 1. The Morgan fingerprint density at radius 1 is 1.39 bits per heavy atom. The zero-order valence-corrected chi connectivity index (χ0v) is 12.0. The molecule has 0 aromatic heterocycles. The van der Waals surface area contributed by atoms with Crippen LogP contribution in [0.2, 0.25) is 0 Å². The van der Waals surface area contributed by atoms with Crippen LogP contribution in [0, 0.1) is 28.1 Å². The Balaban J connectivity index is 2.44. The molecule has 1 aliphatic heterocycles. The van der Waals surface area contributed by atoms with Crippen LogP contribution in [0.4, 0.5) is 0 Å². The van der Waals surface area contributed by atoms with E-state index in [-0.39, 0.29) is 29.3 Å². The van der Waals surface area contributed by atoms with Gasteiger partial charge in [-0.2, -0.15) is 5.26 Å². The molecule has 2 aliphatic rings. The first kappa shape index (κ1) is 13.8. The minimum Gasteiger partial charge on any atom is -0.388 e. The first-order chi connectivity index (χ1) is 8.06. The molecule has 18 heavy (non-hydrogen) atoms. The van der Waals surface area contributed by atoms with Crippen LogP contribution >= 0.6 is 0 Å². The van der Waals surface area contributed by atoms with E-state index < -0.39 is 20.9 Å². The summed E-state index contributed by atoms with van der Waals surface area (Å²) in [6.45, 7) is 6.06. The molecule has 0 radical (unpaired) electrons. The van der Waals surface area contributed by atoms with Crippen molar-refractivity contribution in [2.75, 3.05) is 11.5 Å². The second kappa shape index (κ2) is 3.71. The van der Waals surface area contributed by atoms with E-state index in [1.807, 2.05) is 6.92 Å². The predicted octanol–water partition coefficient (Wildman–Crippen LogP) is 1.50. The van der Waals surface area contributed by atoms with Crippen LogP contribution in [0.3, 0.4) is 0 Å². The van der Waals surface area contributed by atoms with Crippen molar-refractivity contribution >= 4 is 9.84 Å². The number of sulfone groups is 1. The third kappa shape index (κ3) is 1.86. The first-order valence-corrected chi connectivity index (χ1v) is 8.22. The summed E-state index contributed by atoms with van der Waals surface area (Å²) >= 11 is 0. The minimum atomic E-state index is -3.18. The van der Waals surface area contributed by atoms with Crippen LogP contribution in [0.5, 0.6) is 0 Å². The Morgan fingerprint density at radius 3 is 2.33 bits per heavy atom. The van der Waals surface area contributed by atoms with Crippen molar-refractivity contribution in [1.82, 2.24) is 0 Å². The summed E-state index contributed by atoms with van der Waals surface area (Å²) in [7, 11) is -3.18. The maximum Gasteiger partial charge on any atom is 0.152 e. The van der Waals surface area contributed by atoms with Gasteiger partial charge in [0, 0.05) is 0 Å². The summed E-state index contributed by atoms with van der Waals surface area (Å²) in [6.07, 6.45) is 1.60.